The molecule has 0 saturated carbocycles. The summed E-state index contributed by atoms with van der Waals surface area (Å²) in [4.78, 5) is 71.3. The second-order valence-electron chi connectivity index (χ2n) is 7.81. The van der Waals surface area contributed by atoms with Gasteiger partial charge in [0.2, 0.25) is 23.6 Å². The Morgan fingerprint density at radius 3 is 1.85 bits per heavy atom. The van der Waals surface area contributed by atoms with E-state index in [9.17, 15) is 28.8 Å². The van der Waals surface area contributed by atoms with Crippen molar-refractivity contribution in [3.8, 4) is 0 Å². The van der Waals surface area contributed by atoms with E-state index in [1.165, 1.54) is 0 Å². The molecule has 0 aromatic carbocycles. The first-order valence-electron chi connectivity index (χ1n) is 11.1. The molecule has 4 atom stereocenters. The van der Waals surface area contributed by atoms with Crippen LogP contribution in [0.4, 0.5) is 4.79 Å². The lowest BCUT2D eigenvalue weighted by Crippen LogP contribution is -2.56. The number of carbonyl (C=O) groups excluding carboxylic acids is 6. The van der Waals surface area contributed by atoms with Crippen molar-refractivity contribution in [1.29, 1.82) is 0 Å². The summed E-state index contributed by atoms with van der Waals surface area (Å²) in [5, 5.41) is 7.37. The van der Waals surface area contributed by atoms with Gasteiger partial charge in [-0.2, -0.15) is 0 Å². The van der Waals surface area contributed by atoms with Gasteiger partial charge in [-0.1, -0.05) is 33.6 Å². The third-order valence-corrected chi connectivity index (χ3v) is 5.04. The number of rotatable bonds is 17. The van der Waals surface area contributed by atoms with Crippen molar-refractivity contribution >= 4 is 36.0 Å². The predicted octanol–water partition coefficient (Wildman–Crippen LogP) is -0.373. The Morgan fingerprint density at radius 2 is 1.39 bits per heavy atom. The fraction of sp³-hybridized carbons (Fsp3) is 0.714. The van der Waals surface area contributed by atoms with E-state index >= 15 is 0 Å². The van der Waals surface area contributed by atoms with Crippen molar-refractivity contribution in [2.45, 2.75) is 83.8 Å². The zero-order valence-electron chi connectivity index (χ0n) is 19.6. The van der Waals surface area contributed by atoms with Gasteiger partial charge in [0, 0.05) is 12.8 Å². The number of hydrogen-bond acceptors (Lipinski definition) is 7. The van der Waals surface area contributed by atoms with Crippen molar-refractivity contribution in [3.63, 3.8) is 0 Å². The highest BCUT2D eigenvalue weighted by Crippen LogP contribution is 2.08. The molecular weight excluding hydrogens is 434 g/mol. The molecule has 0 aliphatic heterocycles. The molecule has 5 amide bonds. The lowest BCUT2D eigenvalue weighted by molar-refractivity contribution is -0.132. The fourth-order valence-corrected chi connectivity index (χ4v) is 2.71. The molecular formula is C21H37N5O7. The lowest BCUT2D eigenvalue weighted by Gasteiger charge is -2.25. The molecule has 0 radical (unpaired) electrons. The Labute approximate surface area is 193 Å². The first kappa shape index (κ1) is 29.8. The maximum absolute atomic E-state index is 12.8. The van der Waals surface area contributed by atoms with E-state index in [2.05, 4.69) is 16.0 Å². The number of nitrogens with two attached hydrogens (primary N) is 2. The Kier molecular flexibility index (Phi) is 14.9. The smallest absolute Gasteiger partial charge is 0.407 e. The second kappa shape index (κ2) is 16.5. The normalized spacial score (nSPS) is 14.2. The van der Waals surface area contributed by atoms with Crippen molar-refractivity contribution in [2.75, 3.05) is 6.61 Å². The first-order chi connectivity index (χ1) is 15.5. The zero-order chi connectivity index (χ0) is 25.4. The number of hydrogen-bond donors (Lipinski definition) is 5. The standard InChI is InChI=1S/C21H37N5O7/c1-4-6-11-33-21(32)26-15(8-10-18(23)29)20(31)24-14(7-9-17(22)28)19(30)25-16(12-27)13(3)5-2/h12-16H,4-11H2,1-3H3,(H2,22,28)(H2,23,29)(H,24,31)(H,25,30)(H,26,32)/t13-,14-,15-,16+/m0/s1. The Balaban J connectivity index is 5.42. The summed E-state index contributed by atoms with van der Waals surface area (Å²) in [5.74, 6) is -2.97. The summed E-state index contributed by atoms with van der Waals surface area (Å²) >= 11 is 0. The van der Waals surface area contributed by atoms with Crippen molar-refractivity contribution in [2.24, 2.45) is 17.4 Å². The van der Waals surface area contributed by atoms with Crippen molar-refractivity contribution < 1.29 is 33.5 Å². The fourth-order valence-electron chi connectivity index (χ4n) is 2.71. The average Bonchev–Trinajstić information content (AvgIpc) is 2.76. The molecule has 0 spiro atoms. The monoisotopic (exact) mass is 471 g/mol. The number of ether oxygens (including phenoxy) is 1. The molecule has 0 rings (SSSR count). The van der Waals surface area contributed by atoms with Gasteiger partial charge in [0.15, 0.2) is 0 Å². The van der Waals surface area contributed by atoms with E-state index in [0.29, 0.717) is 19.1 Å². The number of aldehydes is 1. The highest BCUT2D eigenvalue weighted by Gasteiger charge is 2.29. The Hall–Kier alpha value is -3.18. The Morgan fingerprint density at radius 1 is 0.879 bits per heavy atom. The average molecular weight is 472 g/mol. The van der Waals surface area contributed by atoms with Crippen LogP contribution in [-0.4, -0.2) is 60.7 Å². The molecule has 7 N–H and O–H groups in total. The first-order valence-corrected chi connectivity index (χ1v) is 11.1. The van der Waals surface area contributed by atoms with Crippen molar-refractivity contribution in [3.05, 3.63) is 0 Å². The molecule has 0 fully saturated rings. The lowest BCUT2D eigenvalue weighted by atomic mass is 9.99. The van der Waals surface area contributed by atoms with Crippen LogP contribution < -0.4 is 27.4 Å². The minimum atomic E-state index is -1.22. The van der Waals surface area contributed by atoms with E-state index in [-0.39, 0.29) is 38.2 Å². The molecule has 33 heavy (non-hydrogen) atoms. The largest absolute Gasteiger partial charge is 0.450 e. The molecule has 0 heterocycles. The van der Waals surface area contributed by atoms with Crippen LogP contribution in [0.3, 0.4) is 0 Å². The van der Waals surface area contributed by atoms with Gasteiger partial charge in [0.1, 0.15) is 18.4 Å². The van der Waals surface area contributed by atoms with Gasteiger partial charge >= 0.3 is 6.09 Å². The molecule has 0 saturated heterocycles. The van der Waals surface area contributed by atoms with E-state index < -0.39 is 47.8 Å². The number of amides is 5. The molecule has 0 aromatic rings. The van der Waals surface area contributed by atoms with Crippen LogP contribution in [-0.2, 0) is 28.7 Å². The van der Waals surface area contributed by atoms with Crippen LogP contribution in [0, 0.1) is 5.92 Å². The molecule has 12 heteroatoms. The van der Waals surface area contributed by atoms with Gasteiger partial charge in [-0.05, 0) is 25.2 Å². The molecule has 0 aromatic heterocycles. The zero-order valence-corrected chi connectivity index (χ0v) is 19.6. The summed E-state index contributed by atoms with van der Waals surface area (Å²) in [5.41, 5.74) is 10.3. The highest BCUT2D eigenvalue weighted by molar-refractivity contribution is 5.92. The van der Waals surface area contributed by atoms with Gasteiger partial charge in [0.25, 0.3) is 0 Å². The minimum absolute atomic E-state index is 0.123. The van der Waals surface area contributed by atoms with E-state index in [0.717, 1.165) is 6.42 Å². The van der Waals surface area contributed by atoms with E-state index in [4.69, 9.17) is 16.2 Å². The molecule has 188 valence electrons. The number of nitrogens with one attached hydrogen (secondary N) is 3. The van der Waals surface area contributed by atoms with Crippen molar-refractivity contribution in [1.82, 2.24) is 16.0 Å². The SMILES string of the molecule is CCCCOC(=O)N[C@@H](CCC(N)=O)C(=O)N[C@@H](CCC(N)=O)C(=O)N[C@H](C=O)[C@@H](C)CC. The van der Waals surface area contributed by atoms with E-state index in [1.54, 1.807) is 6.92 Å². The number of alkyl carbamates (subject to hydrolysis) is 1. The van der Waals surface area contributed by atoms with Crippen LogP contribution in [0.2, 0.25) is 0 Å². The maximum atomic E-state index is 12.8. The van der Waals surface area contributed by atoms with Crippen LogP contribution in [0.5, 0.6) is 0 Å². The van der Waals surface area contributed by atoms with Crippen LogP contribution in [0.25, 0.3) is 0 Å². The molecule has 0 aliphatic carbocycles. The molecule has 0 bridgehead atoms. The molecule has 12 nitrogen and oxygen atoms in total. The molecule has 0 aliphatic rings. The third-order valence-electron chi connectivity index (χ3n) is 5.04. The van der Waals surface area contributed by atoms with Crippen LogP contribution in [0.15, 0.2) is 0 Å². The topological polar surface area (TPSA) is 200 Å². The number of unbranched alkanes of at least 4 members (excludes halogenated alkanes) is 1. The minimum Gasteiger partial charge on any atom is -0.450 e. The van der Waals surface area contributed by atoms with Crippen LogP contribution >= 0.6 is 0 Å². The van der Waals surface area contributed by atoms with Crippen LogP contribution in [0.1, 0.15) is 65.7 Å². The number of carbonyl (C=O) groups is 6. The Bertz CT molecular complexity index is 686. The third kappa shape index (κ3) is 13.1. The summed E-state index contributed by atoms with van der Waals surface area (Å²) in [7, 11) is 0. The number of primary amides is 2. The predicted molar refractivity (Wildman–Crippen MR) is 119 cm³/mol. The van der Waals surface area contributed by atoms with E-state index in [1.807, 2.05) is 13.8 Å². The molecule has 0 unspecified atom stereocenters. The quantitative estimate of drug-likeness (QED) is 0.141. The summed E-state index contributed by atoms with van der Waals surface area (Å²) in [6.07, 6.45) is 1.15. The summed E-state index contributed by atoms with van der Waals surface area (Å²) < 4.78 is 4.98. The van der Waals surface area contributed by atoms with Gasteiger partial charge in [-0.3, -0.25) is 19.2 Å². The highest BCUT2D eigenvalue weighted by atomic mass is 16.5. The maximum Gasteiger partial charge on any atom is 0.407 e. The summed E-state index contributed by atoms with van der Waals surface area (Å²) in [6.45, 7) is 5.70. The van der Waals surface area contributed by atoms with Gasteiger partial charge in [-0.15, -0.1) is 0 Å². The van der Waals surface area contributed by atoms with Gasteiger partial charge < -0.3 is 36.9 Å². The van der Waals surface area contributed by atoms with Gasteiger partial charge in [-0.25, -0.2) is 4.79 Å². The second-order valence-corrected chi connectivity index (χ2v) is 7.81. The van der Waals surface area contributed by atoms with Gasteiger partial charge in [0.05, 0.1) is 12.6 Å². The summed E-state index contributed by atoms with van der Waals surface area (Å²) in [6, 6.07) is -3.20.